The topological polar surface area (TPSA) is 607 Å². The highest BCUT2D eigenvalue weighted by Gasteiger charge is 2.55. The summed E-state index contributed by atoms with van der Waals surface area (Å²) >= 11 is 0. The Morgan fingerprint density at radius 2 is 1.24 bits per heavy atom. The minimum atomic E-state index is -2.30. The van der Waals surface area contributed by atoms with Crippen molar-refractivity contribution in [2.45, 2.75) is 166 Å². The zero-order valence-corrected chi connectivity index (χ0v) is 55.5. The number of aliphatic hydroxyl groups excluding tert-OH is 14. The van der Waals surface area contributed by atoms with Crippen molar-refractivity contribution in [2.24, 2.45) is 16.5 Å². The van der Waals surface area contributed by atoms with Gasteiger partial charge >= 0.3 is 17.8 Å². The van der Waals surface area contributed by atoms with Crippen LogP contribution in [0.5, 0.6) is 17.2 Å². The van der Waals surface area contributed by atoms with E-state index in [2.05, 4.69) is 46.9 Å². The highest BCUT2D eigenvalue weighted by molar-refractivity contribution is 5.97. The van der Waals surface area contributed by atoms with Crippen LogP contribution in [0.15, 0.2) is 96.0 Å². The van der Waals surface area contributed by atoms with E-state index in [0.29, 0.717) is 17.1 Å². The van der Waals surface area contributed by atoms with E-state index >= 15 is 9.59 Å². The second-order valence-corrected chi connectivity index (χ2v) is 25.6. The van der Waals surface area contributed by atoms with Crippen LogP contribution in [0.25, 0.3) is 10.8 Å². The molecule has 6 heterocycles. The minimum Gasteiger partial charge on any atom is -0.858 e. The summed E-state index contributed by atoms with van der Waals surface area (Å²) in [4.78, 5) is 69.3. The third-order valence-electron chi connectivity index (χ3n) is 18.8. The van der Waals surface area contributed by atoms with Gasteiger partial charge in [0.2, 0.25) is 36.1 Å². The van der Waals surface area contributed by atoms with Gasteiger partial charge in [0.05, 0.1) is 33.5 Å². The average molecular weight is 1450 g/mol. The molecule has 10 rings (SSSR count). The number of amides is 4. The van der Waals surface area contributed by atoms with Crippen LogP contribution in [0.3, 0.4) is 0 Å². The summed E-state index contributed by atoms with van der Waals surface area (Å²) in [5.74, 6) is -7.55. The van der Waals surface area contributed by atoms with Gasteiger partial charge in [-0.1, -0.05) is 61.5 Å². The highest BCUT2D eigenvalue weighted by atomic mass is 16.7. The lowest BCUT2D eigenvalue weighted by molar-refractivity contribution is -0.663. The number of carbonyl (C=O) groups excluding carboxylic acids is 4. The van der Waals surface area contributed by atoms with Crippen molar-refractivity contribution in [1.29, 1.82) is 0 Å². The smallest absolute Gasteiger partial charge is 0.358 e. The fourth-order valence-electron chi connectivity index (χ4n) is 12.9. The van der Waals surface area contributed by atoms with Gasteiger partial charge in [0.1, 0.15) is 152 Å². The maximum Gasteiger partial charge on any atom is 0.358 e. The molecule has 6 aliphatic heterocycles. The second-order valence-electron chi connectivity index (χ2n) is 25.6. The molecule has 26 N–H and O–H groups in total. The van der Waals surface area contributed by atoms with Crippen LogP contribution in [0.2, 0.25) is 0 Å². The van der Waals surface area contributed by atoms with E-state index < -0.39 is 227 Å². The number of hydrogen-bond donors (Lipinski definition) is 24. The van der Waals surface area contributed by atoms with Crippen molar-refractivity contribution in [1.82, 2.24) is 31.9 Å². The molecule has 25 atom stereocenters. The number of nitrogens with zero attached hydrogens (tertiary/aromatic N) is 2. The lowest BCUT2D eigenvalue weighted by Crippen LogP contribution is -2.80. The Bertz CT molecular complexity index is 3730. The Labute approximate surface area is 586 Å². The number of carbonyl (C=O) groups is 4. The first-order valence-electron chi connectivity index (χ1n) is 33.0. The van der Waals surface area contributed by atoms with Gasteiger partial charge in [-0.25, -0.2) is 9.57 Å². The van der Waals surface area contributed by atoms with Gasteiger partial charge in [-0.15, -0.1) is 0 Å². The van der Waals surface area contributed by atoms with Gasteiger partial charge in [0, 0.05) is 18.2 Å². The van der Waals surface area contributed by atoms with E-state index in [0.717, 1.165) is 15.3 Å². The molecular weight excluding hydrogens is 1360 g/mol. The first-order chi connectivity index (χ1) is 49.2. The molecule has 0 spiro atoms. The Balaban J connectivity index is 0.910. The Morgan fingerprint density at radius 3 is 1.90 bits per heavy atom. The Kier molecular flexibility index (Phi) is 25.2. The molecule has 4 amide bonds. The van der Waals surface area contributed by atoms with E-state index in [-0.39, 0.29) is 36.4 Å². The summed E-state index contributed by atoms with van der Waals surface area (Å²) in [6.07, 6.45) is -31.4. The van der Waals surface area contributed by atoms with E-state index in [1.54, 1.807) is 61.5 Å². The van der Waals surface area contributed by atoms with Crippen LogP contribution in [0, 0.1) is 0 Å². The van der Waals surface area contributed by atoms with Crippen molar-refractivity contribution in [3.8, 4) is 17.2 Å². The molecule has 38 heteroatoms. The number of hydrogen-bond acceptors (Lipinski definition) is 30. The SMILES string of the molecule is COc1ccc2cc(OC[C@@H]3O[C@@H](O[C@H]4[C@@H](O)[C@@H](O)[C@@H](Oc5ccc(C[C@H]6NC(=O)C([C@H](C)c7ccccc7)N=C([O-])C[NH+]=C(O)C(CO)NC(=O)[C@@H]([C@H](O)[C@@H]7CNC(N)=[N+]7[C@@H]7O[C@@H](CO)[C@H](O)[C@H](O)[C@@H]7O)NC(=O)[C@H]([C@H](O)[C@@H]7C[NH+]=C(N)N7)NC6=O)cc5)O[C@@H]4CO)[C@@H](O)[C@@H](O)[C@H]3O)ccc2c1. The minimum absolute atomic E-state index is 0.0673. The largest absolute Gasteiger partial charge is 0.858 e. The molecule has 4 aromatic rings. The predicted octanol–water partition coefficient (Wildman–Crippen LogP) is -14.4. The first-order valence-corrected chi connectivity index (χ1v) is 33.0. The van der Waals surface area contributed by atoms with Gasteiger partial charge < -0.3 is 131 Å². The molecule has 2 unspecified atom stereocenters. The molecule has 103 heavy (non-hydrogen) atoms. The number of nitrogens with two attached hydrogens (primary N) is 2. The normalized spacial score (nSPS) is 34.5. The van der Waals surface area contributed by atoms with Gasteiger partial charge in [-0.3, -0.25) is 51.3 Å². The molecule has 3 saturated heterocycles. The van der Waals surface area contributed by atoms with Gasteiger partial charge in [0.15, 0.2) is 18.9 Å². The summed E-state index contributed by atoms with van der Waals surface area (Å²) < 4.78 is 41.5. The van der Waals surface area contributed by atoms with Crippen molar-refractivity contribution >= 4 is 58.1 Å². The van der Waals surface area contributed by atoms with Crippen molar-refractivity contribution in [3.63, 3.8) is 0 Å². The number of aliphatic imine (C=N–C) groups is 1. The van der Waals surface area contributed by atoms with Crippen LogP contribution in [0.1, 0.15) is 24.0 Å². The van der Waals surface area contributed by atoms with Gasteiger partial charge in [-0.05, 0) is 58.3 Å². The number of ether oxygens (including phenoxy) is 7. The number of rotatable bonds is 20. The molecule has 3 fully saturated rings. The molecule has 4 aromatic carbocycles. The third kappa shape index (κ3) is 17.4. The summed E-state index contributed by atoms with van der Waals surface area (Å²) in [5, 5.41) is 186. The maximum absolute atomic E-state index is 15.2. The van der Waals surface area contributed by atoms with Crippen LogP contribution < -0.4 is 72.7 Å². The summed E-state index contributed by atoms with van der Waals surface area (Å²) in [6.45, 7) is -3.19. The molecule has 0 aliphatic carbocycles. The quantitative estimate of drug-likeness (QED) is 0.0365. The molecule has 38 nitrogen and oxygen atoms in total. The van der Waals surface area contributed by atoms with Gasteiger partial charge in [-0.2, -0.15) is 0 Å². The van der Waals surface area contributed by atoms with E-state index in [4.69, 9.17) is 44.6 Å². The summed E-state index contributed by atoms with van der Waals surface area (Å²) in [6, 6.07) is 11.6. The molecular formula is C65H88N12O26+2. The van der Waals surface area contributed by atoms with Gasteiger partial charge in [0.25, 0.3) is 0 Å². The molecule has 0 bridgehead atoms. The summed E-state index contributed by atoms with van der Waals surface area (Å²) in [5.41, 5.74) is 13.0. The van der Waals surface area contributed by atoms with Crippen molar-refractivity contribution in [2.75, 3.05) is 53.2 Å². The van der Waals surface area contributed by atoms with Crippen LogP contribution in [-0.2, 0) is 44.5 Å². The lowest BCUT2D eigenvalue weighted by Gasteiger charge is -2.46. The Hall–Kier alpha value is -8.78. The molecule has 0 aromatic heterocycles. The number of fused-ring (bicyclic) bond motifs is 1. The molecule has 0 radical (unpaired) electrons. The molecule has 6 aliphatic rings. The standard InChI is InChI=1S/C65H86N12O26/c1-26(28-6-4-3-5-7-28)42-58(94)71-34(16-27-8-12-31(13-9-27)99-62-54(91)51(88)55(39(24-80)101-62)103-63-53(90)50(87)48(85)40(102-63)25-98-33-15-11-29-17-32(97-2)14-10-30(29)18-33)57(93)75-43(45(82)35-19-69-64(66)73-35)60(96)76-44(59(95)72-36(22-78)56(92)68-21-41(81)74-42)46(83)37-20-70-65(67)77(37)61-52(89)49(86)47(84)38(23-79)100-61/h3-15,17-18,26,34-40,42-55,61-63,78-80,82-91H,16,19-25H2,1-2H3,(H11,66,67,68,69,70,71,72,73,74,75,76,81,92,93,94,95,96)/p+2/t26-,34-,35+,36?,37+,38+,39-,40+,42?,43+,44-,45-,46-,47+,48+,49+,50+,51+,52+,53+,54-,55-,61-,62+,63+/m1/s1. The van der Waals surface area contributed by atoms with Crippen molar-refractivity contribution < 1.29 is 143 Å². The number of guanidine groups is 2. The maximum atomic E-state index is 15.2. The van der Waals surface area contributed by atoms with Crippen LogP contribution >= 0.6 is 0 Å². The van der Waals surface area contributed by atoms with Crippen LogP contribution in [0.4, 0.5) is 0 Å². The highest BCUT2D eigenvalue weighted by Crippen LogP contribution is 2.33. The predicted molar refractivity (Wildman–Crippen MR) is 349 cm³/mol. The molecule has 562 valence electrons. The number of nitrogens with one attached hydrogen (secondary N) is 8. The van der Waals surface area contributed by atoms with Crippen LogP contribution in [-0.4, -0.2) is 323 Å². The average Bonchev–Trinajstić information content (AvgIpc) is 1.76. The summed E-state index contributed by atoms with van der Waals surface area (Å²) in [7, 11) is 1.54. The van der Waals surface area contributed by atoms with E-state index in [1.165, 1.54) is 31.4 Å². The number of benzene rings is 4. The van der Waals surface area contributed by atoms with E-state index in [1.807, 2.05) is 12.1 Å². The first kappa shape index (κ1) is 76.8. The monoisotopic (exact) mass is 1450 g/mol. The molecule has 0 saturated carbocycles. The van der Waals surface area contributed by atoms with Crippen molar-refractivity contribution in [3.05, 3.63) is 102 Å². The fourth-order valence-corrected chi connectivity index (χ4v) is 12.9. The number of aliphatic hydroxyl groups is 14. The second kappa shape index (κ2) is 33.8. The van der Waals surface area contributed by atoms with E-state index in [9.17, 15) is 86.2 Å². The fraction of sp³-hybridized carbons (Fsp3) is 0.538. The zero-order chi connectivity index (χ0) is 74.2. The Morgan fingerprint density at radius 1 is 0.641 bits per heavy atom. The number of methoxy groups -OCH3 is 1. The third-order valence-corrected chi connectivity index (χ3v) is 18.8. The zero-order valence-electron chi connectivity index (χ0n) is 55.5. The lowest BCUT2D eigenvalue weighted by atomic mass is 9.92.